The molecular weight excluding hydrogens is 268 g/mol. The highest BCUT2D eigenvalue weighted by Crippen LogP contribution is 2.30. The van der Waals surface area contributed by atoms with Crippen LogP contribution < -0.4 is 4.90 Å². The molecule has 7 heteroatoms. The highest BCUT2D eigenvalue weighted by Gasteiger charge is 2.29. The first-order valence-electron chi connectivity index (χ1n) is 5.78. The van der Waals surface area contributed by atoms with E-state index in [1.165, 1.54) is 6.07 Å². The van der Waals surface area contributed by atoms with Gasteiger partial charge in [0.1, 0.15) is 17.2 Å². The minimum atomic E-state index is -3.75. The van der Waals surface area contributed by atoms with Crippen molar-refractivity contribution in [3.05, 3.63) is 24.3 Å². The number of para-hydroxylation sites is 1. The molecular formula is C12H14N2O4S. The number of amidine groups is 1. The van der Waals surface area contributed by atoms with E-state index >= 15 is 0 Å². The fourth-order valence-corrected chi connectivity index (χ4v) is 3.12. The van der Waals surface area contributed by atoms with Gasteiger partial charge in [-0.3, -0.25) is 4.79 Å². The van der Waals surface area contributed by atoms with Crippen LogP contribution in [0.1, 0.15) is 13.3 Å². The van der Waals surface area contributed by atoms with Crippen LogP contribution in [0, 0.1) is 0 Å². The van der Waals surface area contributed by atoms with Gasteiger partial charge in [0.25, 0.3) is 10.0 Å². The van der Waals surface area contributed by atoms with Gasteiger partial charge in [-0.15, -0.1) is 4.40 Å². The number of fused-ring (bicyclic) bond motifs is 1. The Balaban J connectivity index is 2.39. The van der Waals surface area contributed by atoms with Crippen molar-refractivity contribution in [1.29, 1.82) is 0 Å². The third-order valence-corrected chi connectivity index (χ3v) is 4.08. The minimum Gasteiger partial charge on any atom is -0.466 e. The molecule has 19 heavy (non-hydrogen) atoms. The number of carbonyl (C=O) groups is 1. The summed E-state index contributed by atoms with van der Waals surface area (Å²) in [7, 11) is -2.07. The second-order valence-electron chi connectivity index (χ2n) is 3.99. The van der Waals surface area contributed by atoms with Gasteiger partial charge in [0.2, 0.25) is 0 Å². The number of benzene rings is 1. The topological polar surface area (TPSA) is 76.0 Å². The fourth-order valence-electron chi connectivity index (χ4n) is 1.83. The summed E-state index contributed by atoms with van der Waals surface area (Å²) >= 11 is 0. The minimum absolute atomic E-state index is 0.144. The van der Waals surface area contributed by atoms with E-state index in [2.05, 4.69) is 4.40 Å². The highest BCUT2D eigenvalue weighted by atomic mass is 32.2. The zero-order chi connectivity index (χ0) is 14.0. The first kappa shape index (κ1) is 13.5. The number of sulfonamides is 1. The van der Waals surface area contributed by atoms with E-state index in [4.69, 9.17) is 4.74 Å². The maximum Gasteiger partial charge on any atom is 0.313 e. The zero-order valence-electron chi connectivity index (χ0n) is 10.7. The number of hydrogen-bond acceptors (Lipinski definition) is 5. The number of rotatable bonds is 3. The normalized spacial score (nSPS) is 16.5. The van der Waals surface area contributed by atoms with Crippen LogP contribution in [-0.4, -0.2) is 33.9 Å². The van der Waals surface area contributed by atoms with Crippen LogP contribution in [-0.2, 0) is 19.6 Å². The van der Waals surface area contributed by atoms with Crippen molar-refractivity contribution in [3.8, 4) is 0 Å². The number of anilines is 1. The third kappa shape index (κ3) is 2.60. The summed E-state index contributed by atoms with van der Waals surface area (Å²) in [5, 5.41) is 0. The molecule has 0 fully saturated rings. The summed E-state index contributed by atoms with van der Waals surface area (Å²) in [4.78, 5) is 13.2. The Kier molecular flexibility index (Phi) is 3.57. The van der Waals surface area contributed by atoms with E-state index < -0.39 is 16.0 Å². The monoisotopic (exact) mass is 282 g/mol. The second kappa shape index (κ2) is 5.00. The Morgan fingerprint density at radius 1 is 1.37 bits per heavy atom. The van der Waals surface area contributed by atoms with Crippen molar-refractivity contribution < 1.29 is 17.9 Å². The van der Waals surface area contributed by atoms with E-state index in [0.717, 1.165) is 0 Å². The average Bonchev–Trinajstić information content (AvgIpc) is 2.36. The lowest BCUT2D eigenvalue weighted by Gasteiger charge is -2.26. The smallest absolute Gasteiger partial charge is 0.313 e. The van der Waals surface area contributed by atoms with Gasteiger partial charge in [0, 0.05) is 7.05 Å². The number of ether oxygens (including phenoxy) is 1. The molecule has 0 amide bonds. The Morgan fingerprint density at radius 2 is 2.05 bits per heavy atom. The maximum absolute atomic E-state index is 12.0. The van der Waals surface area contributed by atoms with E-state index in [-0.39, 0.29) is 23.8 Å². The second-order valence-corrected chi connectivity index (χ2v) is 5.56. The predicted octanol–water partition coefficient (Wildman–Crippen LogP) is 1.18. The van der Waals surface area contributed by atoms with Gasteiger partial charge >= 0.3 is 5.97 Å². The van der Waals surface area contributed by atoms with Crippen LogP contribution in [0.5, 0.6) is 0 Å². The molecule has 2 rings (SSSR count). The van der Waals surface area contributed by atoms with E-state index in [0.29, 0.717) is 5.69 Å². The molecule has 0 spiro atoms. The van der Waals surface area contributed by atoms with Crippen molar-refractivity contribution >= 4 is 27.5 Å². The van der Waals surface area contributed by atoms with E-state index in [1.807, 2.05) is 0 Å². The van der Waals surface area contributed by atoms with E-state index in [9.17, 15) is 13.2 Å². The van der Waals surface area contributed by atoms with Gasteiger partial charge in [0.15, 0.2) is 0 Å². The molecule has 0 unspecified atom stereocenters. The first-order chi connectivity index (χ1) is 8.95. The summed E-state index contributed by atoms with van der Waals surface area (Å²) in [5.41, 5.74) is 0.511. The lowest BCUT2D eigenvalue weighted by molar-refractivity contribution is -0.141. The molecule has 0 atom stereocenters. The maximum atomic E-state index is 12.0. The highest BCUT2D eigenvalue weighted by molar-refractivity contribution is 7.90. The molecule has 1 heterocycles. The van der Waals surface area contributed by atoms with Crippen LogP contribution in [0.15, 0.2) is 33.6 Å². The van der Waals surface area contributed by atoms with Crippen LogP contribution in [0.25, 0.3) is 0 Å². The Morgan fingerprint density at radius 3 is 2.74 bits per heavy atom. The van der Waals surface area contributed by atoms with Crippen molar-refractivity contribution in [2.75, 3.05) is 18.6 Å². The predicted molar refractivity (Wildman–Crippen MR) is 70.7 cm³/mol. The van der Waals surface area contributed by atoms with Gasteiger partial charge in [-0.25, -0.2) is 0 Å². The van der Waals surface area contributed by atoms with Gasteiger partial charge in [-0.1, -0.05) is 12.1 Å². The summed E-state index contributed by atoms with van der Waals surface area (Å²) in [6.07, 6.45) is -0.169. The SMILES string of the molecule is CCOC(=O)CC1=NS(=O)(=O)c2ccccc2N1C. The Hall–Kier alpha value is -1.89. The lowest BCUT2D eigenvalue weighted by atomic mass is 10.2. The van der Waals surface area contributed by atoms with Crippen LogP contribution in [0.4, 0.5) is 5.69 Å². The van der Waals surface area contributed by atoms with Crippen molar-refractivity contribution in [1.82, 2.24) is 0 Å². The molecule has 0 N–H and O–H groups in total. The molecule has 6 nitrogen and oxygen atoms in total. The molecule has 0 saturated carbocycles. The van der Waals surface area contributed by atoms with Crippen molar-refractivity contribution in [3.63, 3.8) is 0 Å². The molecule has 0 bridgehead atoms. The van der Waals surface area contributed by atoms with Gasteiger partial charge in [-0.05, 0) is 19.1 Å². The van der Waals surface area contributed by atoms with Gasteiger partial charge in [-0.2, -0.15) is 8.42 Å². The lowest BCUT2D eigenvalue weighted by Crippen LogP contribution is -2.34. The number of hydrogen-bond donors (Lipinski definition) is 0. The molecule has 1 aliphatic heterocycles. The van der Waals surface area contributed by atoms with E-state index in [1.54, 1.807) is 37.1 Å². The number of carbonyl (C=O) groups excluding carboxylic acids is 1. The van der Waals surface area contributed by atoms with Gasteiger partial charge in [0.05, 0.1) is 12.3 Å². The summed E-state index contributed by atoms with van der Waals surface area (Å²) in [5.74, 6) is -0.333. The number of esters is 1. The fraction of sp³-hybridized carbons (Fsp3) is 0.333. The average molecular weight is 282 g/mol. The number of nitrogens with zero attached hydrogens (tertiary/aromatic N) is 2. The Labute approximate surface area is 111 Å². The Bertz CT molecular complexity index is 637. The molecule has 0 radical (unpaired) electrons. The molecule has 1 aliphatic rings. The standard InChI is InChI=1S/C12H14N2O4S/c1-3-18-12(15)8-11-13-19(16,17)10-7-5-4-6-9(10)14(11)2/h4-7H,3,8H2,1-2H3. The zero-order valence-corrected chi connectivity index (χ0v) is 11.5. The molecule has 0 saturated heterocycles. The van der Waals surface area contributed by atoms with Crippen molar-refractivity contribution in [2.24, 2.45) is 4.40 Å². The van der Waals surface area contributed by atoms with Crippen molar-refractivity contribution in [2.45, 2.75) is 18.2 Å². The van der Waals surface area contributed by atoms with Gasteiger partial charge < -0.3 is 9.64 Å². The third-order valence-electron chi connectivity index (χ3n) is 2.73. The van der Waals surface area contributed by atoms with Crippen LogP contribution >= 0.6 is 0 Å². The van der Waals surface area contributed by atoms with Crippen LogP contribution in [0.2, 0.25) is 0 Å². The first-order valence-corrected chi connectivity index (χ1v) is 7.22. The van der Waals surface area contributed by atoms with Crippen LogP contribution in [0.3, 0.4) is 0 Å². The largest absolute Gasteiger partial charge is 0.466 e. The molecule has 0 aliphatic carbocycles. The molecule has 1 aromatic rings. The molecule has 0 aromatic heterocycles. The quantitative estimate of drug-likeness (QED) is 0.778. The summed E-state index contributed by atoms with van der Waals surface area (Å²) < 4.78 is 32.5. The summed E-state index contributed by atoms with van der Waals surface area (Å²) in [6, 6.07) is 6.53. The molecule has 102 valence electrons. The summed E-state index contributed by atoms with van der Waals surface area (Å²) in [6.45, 7) is 1.94. The molecule has 1 aromatic carbocycles.